The van der Waals surface area contributed by atoms with Crippen molar-refractivity contribution in [2.75, 3.05) is 6.61 Å². The fourth-order valence-corrected chi connectivity index (χ4v) is 7.61. The van der Waals surface area contributed by atoms with Crippen LogP contribution in [-0.4, -0.2) is 52.0 Å². The second-order valence-corrected chi connectivity index (χ2v) is 18.9. The molecule has 0 bridgehead atoms. The van der Waals surface area contributed by atoms with Gasteiger partial charge in [0.1, 0.15) is 12.0 Å². The quantitative estimate of drug-likeness (QED) is 0.273. The monoisotopic (exact) mass is 561 g/mol. The van der Waals surface area contributed by atoms with Gasteiger partial charge in [-0.3, -0.25) is 0 Å². The minimum absolute atomic E-state index is 0.00497. The number of aliphatic hydroxyl groups excluding tert-OH is 2. The van der Waals surface area contributed by atoms with Crippen molar-refractivity contribution in [1.29, 1.82) is 0 Å². The average molecular weight is 562 g/mol. The van der Waals surface area contributed by atoms with Gasteiger partial charge in [-0.25, -0.2) is 8.42 Å². The Morgan fingerprint density at radius 2 is 1.69 bits per heavy atom. The normalized spacial score (nSPS) is 27.0. The van der Waals surface area contributed by atoms with E-state index < -0.39 is 24.6 Å². The van der Waals surface area contributed by atoms with Crippen LogP contribution >= 0.6 is 11.6 Å². The summed E-state index contributed by atoms with van der Waals surface area (Å²) in [4.78, 5) is -0.00497. The number of rotatable bonds is 9. The van der Waals surface area contributed by atoms with Gasteiger partial charge in [-0.15, -0.1) is 0 Å². The highest BCUT2D eigenvalue weighted by Gasteiger charge is 2.40. The molecule has 0 aliphatic heterocycles. The van der Waals surface area contributed by atoms with Gasteiger partial charge in [0.05, 0.1) is 22.6 Å². The molecular weight excluding hydrogens is 518 g/mol. The third kappa shape index (κ3) is 7.91. The number of sulfonamides is 1. The summed E-state index contributed by atoms with van der Waals surface area (Å²) in [5.74, 6) is 0.625. The molecule has 36 heavy (non-hydrogen) atoms. The van der Waals surface area contributed by atoms with E-state index in [1.54, 1.807) is 6.07 Å². The van der Waals surface area contributed by atoms with Crippen LogP contribution in [0.3, 0.4) is 0 Å². The fourth-order valence-electron chi connectivity index (χ4n) is 4.72. The van der Waals surface area contributed by atoms with Crippen molar-refractivity contribution in [3.05, 3.63) is 23.2 Å². The maximum atomic E-state index is 12.9. The van der Waals surface area contributed by atoms with Gasteiger partial charge in [0, 0.05) is 6.10 Å². The molecule has 0 radical (unpaired) electrons. The third-order valence-corrected chi connectivity index (χ3v) is 14.5. The number of aliphatic hydroxyl groups is 2. The molecule has 1 aromatic carbocycles. The van der Waals surface area contributed by atoms with Crippen LogP contribution in [0.15, 0.2) is 23.1 Å². The molecule has 3 N–H and O–H groups in total. The molecule has 3 rings (SSSR count). The Bertz CT molecular complexity index is 967. The highest BCUT2D eigenvalue weighted by molar-refractivity contribution is 7.89. The Morgan fingerprint density at radius 1 is 1.08 bits per heavy atom. The Hall–Kier alpha value is -0.683. The SMILES string of the molecule is CC(C)(C)[Si](C)(C)OC1CCC(C(O)NS(=O)(=O)c2ccc(OCC3CCC(O)CC3)c(Cl)c2)CC1. The van der Waals surface area contributed by atoms with Crippen molar-refractivity contribution < 1.29 is 27.8 Å². The van der Waals surface area contributed by atoms with Crippen molar-refractivity contribution in [2.24, 2.45) is 11.8 Å². The molecule has 1 unspecified atom stereocenters. The van der Waals surface area contributed by atoms with Gasteiger partial charge >= 0.3 is 0 Å². The molecule has 0 heterocycles. The Morgan fingerprint density at radius 3 is 2.25 bits per heavy atom. The maximum absolute atomic E-state index is 12.9. The molecule has 0 amide bonds. The summed E-state index contributed by atoms with van der Waals surface area (Å²) in [6.07, 6.45) is 5.16. The van der Waals surface area contributed by atoms with Gasteiger partial charge in [-0.2, -0.15) is 4.72 Å². The van der Waals surface area contributed by atoms with Crippen LogP contribution in [0.5, 0.6) is 5.75 Å². The number of benzene rings is 1. The molecular formula is C26H44ClNO6SSi. The van der Waals surface area contributed by atoms with E-state index >= 15 is 0 Å². The molecule has 2 saturated carbocycles. The number of nitrogens with one attached hydrogen (secondary N) is 1. The average Bonchev–Trinajstić information content (AvgIpc) is 2.78. The predicted octanol–water partition coefficient (Wildman–Crippen LogP) is 5.45. The first-order valence-electron chi connectivity index (χ1n) is 13.2. The molecule has 0 aromatic heterocycles. The van der Waals surface area contributed by atoms with E-state index in [0.717, 1.165) is 38.5 Å². The lowest BCUT2D eigenvalue weighted by Gasteiger charge is -2.41. The van der Waals surface area contributed by atoms with Crippen molar-refractivity contribution >= 4 is 29.9 Å². The van der Waals surface area contributed by atoms with Gasteiger partial charge in [-0.1, -0.05) is 32.4 Å². The molecule has 206 valence electrons. The summed E-state index contributed by atoms with van der Waals surface area (Å²) < 4.78 is 40.6. The topological polar surface area (TPSA) is 105 Å². The summed E-state index contributed by atoms with van der Waals surface area (Å²) in [6, 6.07) is 4.37. The Labute approximate surface area is 223 Å². The number of hydrogen-bond acceptors (Lipinski definition) is 6. The molecule has 10 heteroatoms. The van der Waals surface area contributed by atoms with Gasteiger partial charge in [0.25, 0.3) is 0 Å². The zero-order valence-electron chi connectivity index (χ0n) is 22.3. The van der Waals surface area contributed by atoms with Gasteiger partial charge in [0.2, 0.25) is 10.0 Å². The third-order valence-electron chi connectivity index (χ3n) is 8.21. The zero-order valence-corrected chi connectivity index (χ0v) is 24.9. The molecule has 1 aromatic rings. The first kappa shape index (κ1) is 29.9. The van der Waals surface area contributed by atoms with Crippen LogP contribution in [0.25, 0.3) is 0 Å². The summed E-state index contributed by atoms with van der Waals surface area (Å²) >= 11 is 6.33. The smallest absolute Gasteiger partial charge is 0.242 e. The Kier molecular flexibility index (Phi) is 9.96. The summed E-state index contributed by atoms with van der Waals surface area (Å²) in [6.45, 7) is 11.6. The van der Waals surface area contributed by atoms with Gasteiger partial charge in [-0.05, 0) is 99.5 Å². The molecule has 2 aliphatic carbocycles. The molecule has 2 aliphatic rings. The van der Waals surface area contributed by atoms with Crippen LogP contribution in [0.2, 0.25) is 23.2 Å². The highest BCUT2D eigenvalue weighted by Crippen LogP contribution is 2.40. The van der Waals surface area contributed by atoms with Crippen LogP contribution in [0.1, 0.15) is 72.1 Å². The predicted molar refractivity (Wildman–Crippen MR) is 145 cm³/mol. The minimum atomic E-state index is -3.94. The number of halogens is 1. The summed E-state index contributed by atoms with van der Waals surface area (Å²) in [7, 11) is -5.80. The lowest BCUT2D eigenvalue weighted by Crippen LogP contribution is -2.46. The van der Waals surface area contributed by atoms with Crippen molar-refractivity contribution in [2.45, 2.75) is 114 Å². The lowest BCUT2D eigenvalue weighted by molar-refractivity contribution is 0.0403. The number of ether oxygens (including phenoxy) is 1. The molecule has 7 nitrogen and oxygen atoms in total. The number of hydrogen-bond donors (Lipinski definition) is 3. The van der Waals surface area contributed by atoms with Crippen molar-refractivity contribution in [3.8, 4) is 5.75 Å². The van der Waals surface area contributed by atoms with Crippen LogP contribution in [0, 0.1) is 11.8 Å². The van der Waals surface area contributed by atoms with Crippen molar-refractivity contribution in [1.82, 2.24) is 4.72 Å². The summed E-state index contributed by atoms with van der Waals surface area (Å²) in [5.41, 5.74) is 0. The second-order valence-electron chi connectivity index (χ2n) is 12.1. The van der Waals surface area contributed by atoms with E-state index in [1.165, 1.54) is 12.1 Å². The fraction of sp³-hybridized carbons (Fsp3) is 0.769. The molecule has 0 saturated heterocycles. The first-order chi connectivity index (χ1) is 16.7. The highest BCUT2D eigenvalue weighted by atomic mass is 35.5. The maximum Gasteiger partial charge on any atom is 0.242 e. The standard InChI is InChI=1S/C26H44ClNO6SSi/c1-26(2,3)36(4,5)34-21-12-8-19(9-13-21)25(30)28-35(31,32)22-14-15-24(23(27)16-22)33-17-18-6-10-20(29)11-7-18/h14-16,18-21,25,28-30H,6-13,17H2,1-5H3. The van der Waals surface area contributed by atoms with E-state index in [9.17, 15) is 18.6 Å². The van der Waals surface area contributed by atoms with E-state index in [-0.39, 0.29) is 33.1 Å². The van der Waals surface area contributed by atoms with E-state index in [4.69, 9.17) is 20.8 Å². The van der Waals surface area contributed by atoms with Crippen molar-refractivity contribution in [3.63, 3.8) is 0 Å². The Balaban J connectivity index is 1.52. The van der Waals surface area contributed by atoms with E-state index in [2.05, 4.69) is 38.6 Å². The summed E-state index contributed by atoms with van der Waals surface area (Å²) in [5, 5.41) is 20.7. The lowest BCUT2D eigenvalue weighted by atomic mass is 9.86. The van der Waals surface area contributed by atoms with Gasteiger partial charge < -0.3 is 19.4 Å². The zero-order chi connectivity index (χ0) is 26.7. The molecule has 0 spiro atoms. The first-order valence-corrected chi connectivity index (χ1v) is 17.9. The van der Waals surface area contributed by atoms with E-state index in [0.29, 0.717) is 31.1 Å². The molecule has 1 atom stereocenters. The molecule has 2 fully saturated rings. The largest absolute Gasteiger partial charge is 0.492 e. The van der Waals surface area contributed by atoms with E-state index in [1.807, 2.05) is 0 Å². The van der Waals surface area contributed by atoms with Crippen LogP contribution < -0.4 is 9.46 Å². The van der Waals surface area contributed by atoms with Crippen LogP contribution in [-0.2, 0) is 14.4 Å². The van der Waals surface area contributed by atoms with Gasteiger partial charge in [0.15, 0.2) is 8.32 Å². The second kappa shape index (κ2) is 12.0. The van der Waals surface area contributed by atoms with Crippen LogP contribution in [0.4, 0.5) is 0 Å². The minimum Gasteiger partial charge on any atom is -0.492 e.